The van der Waals surface area contributed by atoms with Crippen molar-refractivity contribution in [1.82, 2.24) is 5.32 Å². The molecule has 0 bridgehead atoms. The molecule has 0 aromatic rings. The average Bonchev–Trinajstić information content (AvgIpc) is 2.26. The molecule has 0 atom stereocenters. The first-order valence-electron chi connectivity index (χ1n) is 7.13. The maximum atomic E-state index is 11.5. The molecule has 0 radical (unpaired) electrons. The van der Waals surface area contributed by atoms with Gasteiger partial charge in [-0.15, -0.1) is 0 Å². The quantitative estimate of drug-likeness (QED) is 0.383. The van der Waals surface area contributed by atoms with Gasteiger partial charge in [0.05, 0.1) is 0 Å². The third-order valence-corrected chi connectivity index (χ3v) is 6.00. The summed E-state index contributed by atoms with van der Waals surface area (Å²) in [6, 6.07) is 0.710. The van der Waals surface area contributed by atoms with Crippen molar-refractivity contribution in [1.29, 1.82) is 0 Å². The van der Waals surface area contributed by atoms with E-state index in [9.17, 15) is 4.79 Å². The zero-order valence-electron chi connectivity index (χ0n) is 13.6. The lowest BCUT2D eigenvalue weighted by atomic mass is 10.3. The third-order valence-electron chi connectivity index (χ3n) is 2.41. The Hall–Kier alpha value is -0.693. The van der Waals surface area contributed by atoms with Crippen LogP contribution in [-0.4, -0.2) is 33.7 Å². The molecule has 0 aliphatic heterocycles. The normalized spacial score (nSPS) is 12.6. The number of amides is 1. The minimum atomic E-state index is -2.82. The Morgan fingerprint density at radius 2 is 1.80 bits per heavy atom. The molecule has 0 unspecified atom stereocenters. The molecule has 20 heavy (non-hydrogen) atoms. The van der Waals surface area contributed by atoms with E-state index in [0.717, 1.165) is 0 Å². The van der Waals surface area contributed by atoms with Gasteiger partial charge in [-0.25, -0.2) is 0 Å². The molecule has 0 heterocycles. The van der Waals surface area contributed by atoms with Crippen LogP contribution in [0.4, 0.5) is 0 Å². The second-order valence-electron chi connectivity index (χ2n) is 5.45. The van der Waals surface area contributed by atoms with Gasteiger partial charge in [0.25, 0.3) is 0 Å². The maximum absolute atomic E-state index is 11.5. The molecule has 0 aliphatic carbocycles. The topological polar surface area (TPSA) is 56.8 Å². The van der Waals surface area contributed by atoms with Gasteiger partial charge in [0.15, 0.2) is 0 Å². The fourth-order valence-electron chi connectivity index (χ4n) is 1.96. The molecule has 1 amide bonds. The first-order valence-corrected chi connectivity index (χ1v) is 9.06. The highest BCUT2D eigenvalue weighted by molar-refractivity contribution is 6.60. The molecule has 0 aromatic carbocycles. The fraction of sp³-hybridized carbons (Fsp3) is 0.786. The SMILES string of the molecule is C=CC(=O)NC(C)(C)O[Si](CC(C)C)(OCC)OCC. The summed E-state index contributed by atoms with van der Waals surface area (Å²) in [5, 5.41) is 2.75. The van der Waals surface area contributed by atoms with Gasteiger partial charge in [0, 0.05) is 19.3 Å². The molecule has 0 spiro atoms. The zero-order chi connectivity index (χ0) is 15.8. The largest absolute Gasteiger partial charge is 0.502 e. The lowest BCUT2D eigenvalue weighted by Crippen LogP contribution is -2.57. The van der Waals surface area contributed by atoms with Crippen molar-refractivity contribution < 1.29 is 18.1 Å². The van der Waals surface area contributed by atoms with Crippen molar-refractivity contribution >= 4 is 14.7 Å². The summed E-state index contributed by atoms with van der Waals surface area (Å²) in [4.78, 5) is 11.5. The number of hydrogen-bond donors (Lipinski definition) is 1. The van der Waals surface area contributed by atoms with E-state index in [-0.39, 0.29) is 5.91 Å². The molecule has 0 fully saturated rings. The standard InChI is InChI=1S/C14H29NO4Si/c1-8-13(16)15-14(6,7)19-20(17-9-2,18-10-3)11-12(4)5/h8,12H,1,9-11H2,2-7H3,(H,15,16). The van der Waals surface area contributed by atoms with E-state index in [2.05, 4.69) is 25.7 Å². The molecule has 5 nitrogen and oxygen atoms in total. The van der Waals surface area contributed by atoms with Crippen LogP contribution in [0.3, 0.4) is 0 Å². The van der Waals surface area contributed by atoms with Crippen LogP contribution < -0.4 is 5.32 Å². The van der Waals surface area contributed by atoms with E-state index in [1.807, 2.05) is 13.8 Å². The Balaban J connectivity index is 5.08. The predicted octanol–water partition coefficient (Wildman–Crippen LogP) is 2.71. The summed E-state index contributed by atoms with van der Waals surface area (Å²) in [5.41, 5.74) is -0.864. The Labute approximate surface area is 124 Å². The van der Waals surface area contributed by atoms with E-state index in [1.54, 1.807) is 13.8 Å². The summed E-state index contributed by atoms with van der Waals surface area (Å²) in [7, 11) is -2.82. The lowest BCUT2D eigenvalue weighted by Gasteiger charge is -2.38. The smallest absolute Gasteiger partial charge is 0.374 e. The highest BCUT2D eigenvalue weighted by Gasteiger charge is 2.46. The van der Waals surface area contributed by atoms with Gasteiger partial charge in [-0.2, -0.15) is 0 Å². The Morgan fingerprint density at radius 1 is 1.30 bits per heavy atom. The van der Waals surface area contributed by atoms with Crippen molar-refractivity contribution in [2.24, 2.45) is 5.92 Å². The lowest BCUT2D eigenvalue weighted by molar-refractivity contribution is -0.123. The minimum absolute atomic E-state index is 0.282. The van der Waals surface area contributed by atoms with Crippen molar-refractivity contribution in [3.05, 3.63) is 12.7 Å². The number of carbonyl (C=O) groups excluding carboxylic acids is 1. The van der Waals surface area contributed by atoms with E-state index in [1.165, 1.54) is 6.08 Å². The second kappa shape index (κ2) is 8.56. The van der Waals surface area contributed by atoms with Crippen LogP contribution in [-0.2, 0) is 18.1 Å². The Kier molecular flexibility index (Phi) is 8.27. The van der Waals surface area contributed by atoms with Crippen LogP contribution in [0, 0.1) is 5.92 Å². The molecule has 0 saturated carbocycles. The van der Waals surface area contributed by atoms with Crippen LogP contribution in [0.5, 0.6) is 0 Å². The molecule has 118 valence electrons. The van der Waals surface area contributed by atoms with Crippen molar-refractivity contribution in [2.75, 3.05) is 13.2 Å². The molecular formula is C14H29NO4Si. The fourth-order valence-corrected chi connectivity index (χ4v) is 5.19. The number of rotatable bonds is 10. The second-order valence-corrected chi connectivity index (χ2v) is 8.01. The van der Waals surface area contributed by atoms with Crippen LogP contribution in [0.15, 0.2) is 12.7 Å². The van der Waals surface area contributed by atoms with Gasteiger partial charge in [0.2, 0.25) is 5.91 Å². The molecule has 0 rings (SSSR count). The molecule has 0 saturated heterocycles. The first kappa shape index (κ1) is 19.3. The third kappa shape index (κ3) is 7.19. The minimum Gasteiger partial charge on any atom is -0.374 e. The maximum Gasteiger partial charge on any atom is 0.502 e. The Morgan fingerprint density at radius 3 is 2.15 bits per heavy atom. The van der Waals surface area contributed by atoms with Crippen molar-refractivity contribution in [2.45, 2.75) is 53.3 Å². The molecule has 0 aliphatic rings. The van der Waals surface area contributed by atoms with Crippen LogP contribution in [0.25, 0.3) is 0 Å². The van der Waals surface area contributed by atoms with E-state index < -0.39 is 14.5 Å². The van der Waals surface area contributed by atoms with Gasteiger partial charge in [-0.3, -0.25) is 4.79 Å². The summed E-state index contributed by atoms with van der Waals surface area (Å²) >= 11 is 0. The molecule has 6 heteroatoms. The summed E-state index contributed by atoms with van der Waals surface area (Å²) < 4.78 is 17.8. The summed E-state index contributed by atoms with van der Waals surface area (Å²) in [6.07, 6.45) is 1.22. The Bertz CT molecular complexity index is 312. The van der Waals surface area contributed by atoms with E-state index in [4.69, 9.17) is 13.3 Å². The molecular weight excluding hydrogens is 274 g/mol. The summed E-state index contributed by atoms with van der Waals surface area (Å²) in [5.74, 6) is 0.0983. The number of carbonyl (C=O) groups is 1. The van der Waals surface area contributed by atoms with Crippen LogP contribution >= 0.6 is 0 Å². The van der Waals surface area contributed by atoms with Gasteiger partial charge in [0.1, 0.15) is 5.72 Å². The van der Waals surface area contributed by atoms with Crippen molar-refractivity contribution in [3.8, 4) is 0 Å². The number of nitrogens with one attached hydrogen (secondary N) is 1. The van der Waals surface area contributed by atoms with Gasteiger partial charge in [-0.05, 0) is 39.7 Å². The van der Waals surface area contributed by atoms with Crippen LogP contribution in [0.2, 0.25) is 6.04 Å². The number of hydrogen-bond acceptors (Lipinski definition) is 4. The van der Waals surface area contributed by atoms with Crippen molar-refractivity contribution in [3.63, 3.8) is 0 Å². The van der Waals surface area contributed by atoms with Gasteiger partial charge in [-0.1, -0.05) is 20.4 Å². The zero-order valence-corrected chi connectivity index (χ0v) is 14.6. The average molecular weight is 303 g/mol. The molecule has 0 aromatic heterocycles. The monoisotopic (exact) mass is 303 g/mol. The van der Waals surface area contributed by atoms with Gasteiger partial charge >= 0.3 is 8.80 Å². The van der Waals surface area contributed by atoms with Crippen LogP contribution in [0.1, 0.15) is 41.5 Å². The molecule has 1 N–H and O–H groups in total. The first-order chi connectivity index (χ1) is 9.20. The van der Waals surface area contributed by atoms with Gasteiger partial charge < -0.3 is 18.6 Å². The predicted molar refractivity (Wildman–Crippen MR) is 82.2 cm³/mol. The van der Waals surface area contributed by atoms with E-state index >= 15 is 0 Å². The highest BCUT2D eigenvalue weighted by Crippen LogP contribution is 2.25. The van der Waals surface area contributed by atoms with E-state index in [0.29, 0.717) is 25.2 Å². The summed E-state index contributed by atoms with van der Waals surface area (Å²) in [6.45, 7) is 16.1. The highest BCUT2D eigenvalue weighted by atomic mass is 28.4.